The van der Waals surface area contributed by atoms with Crippen molar-refractivity contribution in [2.45, 2.75) is 51.5 Å². The molecule has 4 rings (SSSR count). The number of carbonyl (C=O) groups excluding carboxylic acids is 3. The van der Waals surface area contributed by atoms with Crippen LogP contribution in [0.5, 0.6) is 0 Å². The van der Waals surface area contributed by atoms with Crippen LogP contribution < -0.4 is 10.2 Å². The Bertz CT molecular complexity index is 755. The van der Waals surface area contributed by atoms with Gasteiger partial charge in [0.25, 0.3) is 0 Å². The van der Waals surface area contributed by atoms with Gasteiger partial charge in [-0.1, -0.05) is 12.8 Å². The summed E-state index contributed by atoms with van der Waals surface area (Å²) >= 11 is 0. The first kappa shape index (κ1) is 17.1. The topological polar surface area (TPSA) is 69.7 Å². The van der Waals surface area contributed by atoms with Crippen molar-refractivity contribution in [1.82, 2.24) is 4.90 Å². The number of hydrogen-bond acceptors (Lipinski definition) is 3. The third-order valence-corrected chi connectivity index (χ3v) is 5.92. The maximum absolute atomic E-state index is 12.6. The first-order chi connectivity index (χ1) is 12.5. The van der Waals surface area contributed by atoms with Gasteiger partial charge in [0.05, 0.1) is 5.92 Å². The summed E-state index contributed by atoms with van der Waals surface area (Å²) < 4.78 is 0. The lowest BCUT2D eigenvalue weighted by Gasteiger charge is -2.23. The first-order valence-electron chi connectivity index (χ1n) is 9.54. The zero-order valence-electron chi connectivity index (χ0n) is 15.2. The predicted molar refractivity (Wildman–Crippen MR) is 98.9 cm³/mol. The molecular weight excluding hydrogens is 330 g/mol. The number of likely N-dealkylation sites (tertiary alicyclic amines) is 1. The van der Waals surface area contributed by atoms with E-state index >= 15 is 0 Å². The Morgan fingerprint density at radius 2 is 1.96 bits per heavy atom. The number of nitrogens with one attached hydrogen (secondary N) is 1. The number of amides is 3. The Hall–Kier alpha value is -2.37. The van der Waals surface area contributed by atoms with Crippen molar-refractivity contribution in [2.24, 2.45) is 5.92 Å². The number of anilines is 2. The summed E-state index contributed by atoms with van der Waals surface area (Å²) in [5.74, 6) is -0.203. The monoisotopic (exact) mass is 355 g/mol. The van der Waals surface area contributed by atoms with Crippen LogP contribution in [-0.4, -0.2) is 41.8 Å². The molecule has 1 saturated heterocycles. The Kier molecular flexibility index (Phi) is 4.42. The molecule has 1 aliphatic carbocycles. The molecule has 3 amide bonds. The van der Waals surface area contributed by atoms with Gasteiger partial charge in [-0.2, -0.15) is 0 Å². The minimum Gasteiger partial charge on any atom is -0.339 e. The fraction of sp³-hybridized carbons (Fsp3) is 0.550. The summed E-state index contributed by atoms with van der Waals surface area (Å²) in [6, 6.07) is 6.01. The Morgan fingerprint density at radius 1 is 1.19 bits per heavy atom. The summed E-state index contributed by atoms with van der Waals surface area (Å²) in [6.07, 6.45) is 5.60. The molecule has 2 fully saturated rings. The molecule has 0 unspecified atom stereocenters. The average molecular weight is 355 g/mol. The van der Waals surface area contributed by atoms with Crippen molar-refractivity contribution in [2.75, 3.05) is 23.3 Å². The lowest BCUT2D eigenvalue weighted by atomic mass is 10.1. The van der Waals surface area contributed by atoms with Gasteiger partial charge >= 0.3 is 0 Å². The summed E-state index contributed by atoms with van der Waals surface area (Å²) in [7, 11) is 0. The lowest BCUT2D eigenvalue weighted by Crippen LogP contribution is -2.35. The van der Waals surface area contributed by atoms with Gasteiger partial charge in [-0.05, 0) is 43.0 Å². The zero-order chi connectivity index (χ0) is 18.3. The molecule has 26 heavy (non-hydrogen) atoms. The fourth-order valence-electron chi connectivity index (χ4n) is 4.53. The van der Waals surface area contributed by atoms with Crippen LogP contribution >= 0.6 is 0 Å². The van der Waals surface area contributed by atoms with E-state index in [-0.39, 0.29) is 23.6 Å². The van der Waals surface area contributed by atoms with E-state index < -0.39 is 0 Å². The standard InChI is InChI=1S/C20H25N3O3/c1-13(24)22-9-8-14-10-16(6-7-18(14)22)21-20(26)15-11-19(25)23(12-15)17-4-2-3-5-17/h6-7,10,15,17H,2-5,8-9,11-12H2,1H3,(H,21,26)/t15-/m0/s1. The van der Waals surface area contributed by atoms with E-state index in [9.17, 15) is 14.4 Å². The molecule has 0 bridgehead atoms. The van der Waals surface area contributed by atoms with Crippen LogP contribution in [0.4, 0.5) is 11.4 Å². The third kappa shape index (κ3) is 3.08. The van der Waals surface area contributed by atoms with Gasteiger partial charge in [-0.15, -0.1) is 0 Å². The summed E-state index contributed by atoms with van der Waals surface area (Å²) in [5, 5.41) is 2.97. The van der Waals surface area contributed by atoms with Crippen molar-refractivity contribution in [3.8, 4) is 0 Å². The Labute approximate surface area is 153 Å². The number of nitrogens with zero attached hydrogens (tertiary/aromatic N) is 2. The summed E-state index contributed by atoms with van der Waals surface area (Å²) in [6.45, 7) is 2.80. The smallest absolute Gasteiger partial charge is 0.229 e. The number of benzene rings is 1. The molecule has 1 saturated carbocycles. The lowest BCUT2D eigenvalue weighted by molar-refractivity contribution is -0.130. The largest absolute Gasteiger partial charge is 0.339 e. The molecular formula is C20H25N3O3. The van der Waals surface area contributed by atoms with E-state index in [2.05, 4.69) is 5.32 Å². The van der Waals surface area contributed by atoms with E-state index in [0.717, 1.165) is 36.2 Å². The van der Waals surface area contributed by atoms with Gasteiger partial charge in [0.2, 0.25) is 17.7 Å². The highest BCUT2D eigenvalue weighted by Crippen LogP contribution is 2.32. The second-order valence-corrected chi connectivity index (χ2v) is 7.64. The van der Waals surface area contributed by atoms with Crippen LogP contribution in [0, 0.1) is 5.92 Å². The van der Waals surface area contributed by atoms with Crippen LogP contribution in [0.15, 0.2) is 18.2 Å². The van der Waals surface area contributed by atoms with Crippen molar-refractivity contribution in [3.05, 3.63) is 23.8 Å². The fourth-order valence-corrected chi connectivity index (χ4v) is 4.53. The predicted octanol–water partition coefficient (Wildman–Crippen LogP) is 2.33. The molecule has 0 spiro atoms. The summed E-state index contributed by atoms with van der Waals surface area (Å²) in [5.41, 5.74) is 2.75. The van der Waals surface area contributed by atoms with Crippen LogP contribution in [0.1, 0.15) is 44.6 Å². The van der Waals surface area contributed by atoms with Crippen LogP contribution in [0.25, 0.3) is 0 Å². The maximum Gasteiger partial charge on any atom is 0.229 e. The van der Waals surface area contributed by atoms with Gasteiger partial charge in [0, 0.05) is 43.9 Å². The van der Waals surface area contributed by atoms with Gasteiger partial charge in [-0.3, -0.25) is 14.4 Å². The molecule has 0 radical (unpaired) electrons. The zero-order valence-corrected chi connectivity index (χ0v) is 15.2. The molecule has 138 valence electrons. The van der Waals surface area contributed by atoms with Gasteiger partial charge < -0.3 is 15.1 Å². The van der Waals surface area contributed by atoms with Gasteiger partial charge in [-0.25, -0.2) is 0 Å². The number of rotatable bonds is 3. The van der Waals surface area contributed by atoms with Crippen LogP contribution in [0.3, 0.4) is 0 Å². The molecule has 2 heterocycles. The highest BCUT2D eigenvalue weighted by molar-refractivity contribution is 5.98. The molecule has 6 heteroatoms. The summed E-state index contributed by atoms with van der Waals surface area (Å²) in [4.78, 5) is 40.2. The third-order valence-electron chi connectivity index (χ3n) is 5.92. The van der Waals surface area contributed by atoms with Crippen molar-refractivity contribution in [1.29, 1.82) is 0 Å². The maximum atomic E-state index is 12.6. The quantitative estimate of drug-likeness (QED) is 0.905. The minimum absolute atomic E-state index is 0.0389. The second-order valence-electron chi connectivity index (χ2n) is 7.64. The molecule has 1 N–H and O–H groups in total. The van der Waals surface area contributed by atoms with Crippen molar-refractivity contribution in [3.63, 3.8) is 0 Å². The Balaban J connectivity index is 1.41. The highest BCUT2D eigenvalue weighted by atomic mass is 16.2. The normalized spacial score (nSPS) is 22.8. The van der Waals surface area contributed by atoms with Crippen molar-refractivity contribution >= 4 is 29.1 Å². The molecule has 6 nitrogen and oxygen atoms in total. The highest BCUT2D eigenvalue weighted by Gasteiger charge is 2.38. The van der Waals surface area contributed by atoms with Gasteiger partial charge in [0.15, 0.2) is 0 Å². The molecule has 1 aromatic carbocycles. The molecule has 3 aliphatic rings. The van der Waals surface area contributed by atoms with Gasteiger partial charge in [0.1, 0.15) is 0 Å². The molecule has 2 aliphatic heterocycles. The van der Waals surface area contributed by atoms with Crippen molar-refractivity contribution < 1.29 is 14.4 Å². The minimum atomic E-state index is -0.273. The van der Waals surface area contributed by atoms with E-state index in [1.54, 1.807) is 11.8 Å². The second kappa shape index (κ2) is 6.74. The van der Waals surface area contributed by atoms with Crippen LogP contribution in [0.2, 0.25) is 0 Å². The van der Waals surface area contributed by atoms with Crippen LogP contribution in [-0.2, 0) is 20.8 Å². The average Bonchev–Trinajstić information content (AvgIpc) is 3.32. The number of hydrogen-bond donors (Lipinski definition) is 1. The van der Waals surface area contributed by atoms with E-state index in [4.69, 9.17) is 0 Å². The Morgan fingerprint density at radius 3 is 2.69 bits per heavy atom. The molecule has 0 aromatic heterocycles. The SMILES string of the molecule is CC(=O)N1CCc2cc(NC(=O)[C@H]3CC(=O)N(C4CCCC4)C3)ccc21. The first-order valence-corrected chi connectivity index (χ1v) is 9.54. The van der Waals surface area contributed by atoms with E-state index in [0.29, 0.717) is 25.6 Å². The molecule has 1 aromatic rings. The number of fused-ring (bicyclic) bond motifs is 1. The number of carbonyl (C=O) groups is 3. The van der Waals surface area contributed by atoms with E-state index in [1.165, 1.54) is 12.8 Å². The van der Waals surface area contributed by atoms with E-state index in [1.807, 2.05) is 23.1 Å². The molecule has 1 atom stereocenters.